The summed E-state index contributed by atoms with van der Waals surface area (Å²) in [5.41, 5.74) is 0.967. The van der Waals surface area contributed by atoms with Crippen LogP contribution in [0.3, 0.4) is 0 Å². The van der Waals surface area contributed by atoms with Gasteiger partial charge in [-0.1, -0.05) is 12.1 Å². The van der Waals surface area contributed by atoms with Crippen LogP contribution in [0.5, 0.6) is 5.75 Å². The van der Waals surface area contributed by atoms with Crippen molar-refractivity contribution >= 4 is 12.0 Å². The largest absolute Gasteiger partial charge is 0.497 e. The molecule has 1 saturated heterocycles. The fourth-order valence-electron chi connectivity index (χ4n) is 2.05. The van der Waals surface area contributed by atoms with Crippen LogP contribution in [-0.4, -0.2) is 42.2 Å². The molecule has 1 aromatic rings. The SMILES string of the molecule is COc1ccc(C(C)NC(=O)N2CC(C(=O)O)C2)cc1. The lowest BCUT2D eigenvalue weighted by Crippen LogP contribution is -2.56. The Labute approximate surface area is 117 Å². The first-order chi connectivity index (χ1) is 9.51. The van der Waals surface area contributed by atoms with Gasteiger partial charge in [0.05, 0.1) is 19.1 Å². The Balaban J connectivity index is 1.86. The summed E-state index contributed by atoms with van der Waals surface area (Å²) in [5, 5.41) is 11.6. The van der Waals surface area contributed by atoms with Gasteiger partial charge in [0.2, 0.25) is 0 Å². The van der Waals surface area contributed by atoms with Gasteiger partial charge in [-0.3, -0.25) is 4.79 Å². The summed E-state index contributed by atoms with van der Waals surface area (Å²) in [4.78, 5) is 24.1. The Morgan fingerprint density at radius 2 is 1.95 bits per heavy atom. The van der Waals surface area contributed by atoms with Crippen molar-refractivity contribution < 1.29 is 19.4 Å². The maximum atomic E-state index is 11.9. The van der Waals surface area contributed by atoms with Crippen LogP contribution < -0.4 is 10.1 Å². The van der Waals surface area contributed by atoms with Crippen molar-refractivity contribution in [2.45, 2.75) is 13.0 Å². The zero-order chi connectivity index (χ0) is 14.7. The van der Waals surface area contributed by atoms with Crippen molar-refractivity contribution in [3.63, 3.8) is 0 Å². The van der Waals surface area contributed by atoms with E-state index in [1.165, 1.54) is 4.90 Å². The average Bonchev–Trinajstić information content (AvgIpc) is 2.36. The summed E-state index contributed by atoms with van der Waals surface area (Å²) in [7, 11) is 1.60. The summed E-state index contributed by atoms with van der Waals surface area (Å²) in [6.07, 6.45) is 0. The number of urea groups is 1. The molecule has 1 unspecified atom stereocenters. The lowest BCUT2D eigenvalue weighted by molar-refractivity contribution is -0.146. The first kappa shape index (κ1) is 14.2. The number of methoxy groups -OCH3 is 1. The van der Waals surface area contributed by atoms with E-state index in [2.05, 4.69) is 5.32 Å². The van der Waals surface area contributed by atoms with E-state index in [1.54, 1.807) is 7.11 Å². The highest BCUT2D eigenvalue weighted by Crippen LogP contribution is 2.19. The molecule has 0 radical (unpaired) electrons. The van der Waals surface area contributed by atoms with Crippen molar-refractivity contribution in [2.75, 3.05) is 20.2 Å². The van der Waals surface area contributed by atoms with Crippen molar-refractivity contribution in [3.8, 4) is 5.75 Å². The van der Waals surface area contributed by atoms with E-state index in [-0.39, 0.29) is 25.2 Å². The average molecular weight is 278 g/mol. The van der Waals surface area contributed by atoms with Crippen LogP contribution in [0, 0.1) is 5.92 Å². The van der Waals surface area contributed by atoms with Crippen LogP contribution in [0.2, 0.25) is 0 Å². The van der Waals surface area contributed by atoms with Gasteiger partial charge in [0.25, 0.3) is 0 Å². The summed E-state index contributed by atoms with van der Waals surface area (Å²) < 4.78 is 5.08. The topological polar surface area (TPSA) is 78.9 Å². The fraction of sp³-hybridized carbons (Fsp3) is 0.429. The monoisotopic (exact) mass is 278 g/mol. The van der Waals surface area contributed by atoms with Crippen LogP contribution in [0.1, 0.15) is 18.5 Å². The van der Waals surface area contributed by atoms with E-state index in [0.29, 0.717) is 0 Å². The number of rotatable bonds is 4. The van der Waals surface area contributed by atoms with Crippen LogP contribution in [0.25, 0.3) is 0 Å². The zero-order valence-corrected chi connectivity index (χ0v) is 11.5. The Morgan fingerprint density at radius 1 is 1.35 bits per heavy atom. The molecule has 108 valence electrons. The minimum atomic E-state index is -0.850. The number of aliphatic carboxylic acids is 1. The fourth-order valence-corrected chi connectivity index (χ4v) is 2.05. The van der Waals surface area contributed by atoms with Crippen LogP contribution in [0.4, 0.5) is 4.79 Å². The van der Waals surface area contributed by atoms with Gasteiger partial charge >= 0.3 is 12.0 Å². The predicted molar refractivity (Wildman–Crippen MR) is 72.6 cm³/mol. The number of carbonyl (C=O) groups excluding carboxylic acids is 1. The highest BCUT2D eigenvalue weighted by Gasteiger charge is 2.35. The number of benzene rings is 1. The Bertz CT molecular complexity index is 494. The number of nitrogens with zero attached hydrogens (tertiary/aromatic N) is 1. The number of ether oxygens (including phenoxy) is 1. The lowest BCUT2D eigenvalue weighted by atomic mass is 10.0. The second-order valence-electron chi connectivity index (χ2n) is 4.88. The molecule has 20 heavy (non-hydrogen) atoms. The summed E-state index contributed by atoms with van der Waals surface area (Å²) >= 11 is 0. The summed E-state index contributed by atoms with van der Waals surface area (Å²) in [6.45, 7) is 2.43. The second-order valence-corrected chi connectivity index (χ2v) is 4.88. The van der Waals surface area contributed by atoms with Gasteiger partial charge in [0, 0.05) is 13.1 Å². The number of hydrogen-bond donors (Lipinski definition) is 2. The lowest BCUT2D eigenvalue weighted by Gasteiger charge is -2.37. The molecule has 0 bridgehead atoms. The summed E-state index contributed by atoms with van der Waals surface area (Å²) in [6, 6.07) is 7.08. The van der Waals surface area contributed by atoms with Gasteiger partial charge < -0.3 is 20.1 Å². The third-order valence-electron chi connectivity index (χ3n) is 3.47. The van der Waals surface area contributed by atoms with E-state index in [1.807, 2.05) is 31.2 Å². The number of carbonyl (C=O) groups is 2. The molecular weight excluding hydrogens is 260 g/mol. The van der Waals surface area contributed by atoms with Gasteiger partial charge in [0.1, 0.15) is 5.75 Å². The molecule has 2 amide bonds. The number of carboxylic acids is 1. The van der Waals surface area contributed by atoms with Crippen molar-refractivity contribution in [3.05, 3.63) is 29.8 Å². The van der Waals surface area contributed by atoms with E-state index >= 15 is 0 Å². The number of hydrogen-bond acceptors (Lipinski definition) is 3. The van der Waals surface area contributed by atoms with Crippen LogP contribution in [0.15, 0.2) is 24.3 Å². The van der Waals surface area contributed by atoms with Crippen LogP contribution >= 0.6 is 0 Å². The van der Waals surface area contributed by atoms with E-state index in [0.717, 1.165) is 11.3 Å². The molecule has 0 saturated carbocycles. The van der Waals surface area contributed by atoms with E-state index < -0.39 is 11.9 Å². The first-order valence-corrected chi connectivity index (χ1v) is 6.43. The first-order valence-electron chi connectivity index (χ1n) is 6.43. The van der Waals surface area contributed by atoms with Crippen molar-refractivity contribution in [2.24, 2.45) is 5.92 Å². The molecule has 1 aliphatic heterocycles. The number of likely N-dealkylation sites (tertiary alicyclic amines) is 1. The Kier molecular flexibility index (Phi) is 4.12. The Hall–Kier alpha value is -2.24. The zero-order valence-electron chi connectivity index (χ0n) is 11.5. The number of nitrogens with one attached hydrogen (secondary N) is 1. The smallest absolute Gasteiger partial charge is 0.317 e. The highest BCUT2D eigenvalue weighted by atomic mass is 16.5. The van der Waals surface area contributed by atoms with Crippen LogP contribution in [-0.2, 0) is 4.79 Å². The molecule has 2 rings (SSSR count). The third-order valence-corrected chi connectivity index (χ3v) is 3.47. The molecule has 1 heterocycles. The van der Waals surface area contributed by atoms with E-state index in [4.69, 9.17) is 9.84 Å². The minimum Gasteiger partial charge on any atom is -0.497 e. The van der Waals surface area contributed by atoms with Crippen molar-refractivity contribution in [1.29, 1.82) is 0 Å². The molecule has 0 aliphatic carbocycles. The Morgan fingerprint density at radius 3 is 2.45 bits per heavy atom. The molecule has 0 spiro atoms. The molecule has 6 nitrogen and oxygen atoms in total. The maximum absolute atomic E-state index is 11.9. The molecule has 0 aromatic heterocycles. The maximum Gasteiger partial charge on any atom is 0.317 e. The quantitative estimate of drug-likeness (QED) is 0.874. The van der Waals surface area contributed by atoms with Crippen molar-refractivity contribution in [1.82, 2.24) is 10.2 Å². The molecule has 1 aliphatic rings. The van der Waals surface area contributed by atoms with Gasteiger partial charge in [-0.25, -0.2) is 4.79 Å². The molecule has 1 atom stereocenters. The minimum absolute atomic E-state index is 0.141. The molecule has 6 heteroatoms. The van der Waals surface area contributed by atoms with E-state index in [9.17, 15) is 9.59 Å². The normalized spacial score (nSPS) is 16.2. The van der Waals surface area contributed by atoms with Gasteiger partial charge in [0.15, 0.2) is 0 Å². The molecule has 1 fully saturated rings. The predicted octanol–water partition coefficient (Wildman–Crippen LogP) is 1.48. The highest BCUT2D eigenvalue weighted by molar-refractivity contribution is 5.80. The number of amides is 2. The third kappa shape index (κ3) is 3.01. The standard InChI is InChI=1S/C14H18N2O4/c1-9(10-3-5-12(20-2)6-4-10)15-14(19)16-7-11(8-16)13(17)18/h3-6,9,11H,7-8H2,1-2H3,(H,15,19)(H,17,18). The number of carboxylic acid groups (broad SMARTS) is 1. The molecule has 1 aromatic carbocycles. The van der Waals surface area contributed by atoms with Gasteiger partial charge in [-0.15, -0.1) is 0 Å². The second kappa shape index (κ2) is 5.81. The van der Waals surface area contributed by atoms with Gasteiger partial charge in [-0.2, -0.15) is 0 Å². The molecular formula is C14H18N2O4. The molecule has 2 N–H and O–H groups in total. The summed E-state index contributed by atoms with van der Waals surface area (Å²) in [5.74, 6) is -0.520. The van der Waals surface area contributed by atoms with Gasteiger partial charge in [-0.05, 0) is 24.6 Å².